The van der Waals surface area contributed by atoms with Crippen molar-refractivity contribution in [3.8, 4) is 5.75 Å². The molecule has 0 saturated carbocycles. The van der Waals surface area contributed by atoms with Crippen molar-refractivity contribution >= 4 is 46.5 Å². The first-order chi connectivity index (χ1) is 21.0. The summed E-state index contributed by atoms with van der Waals surface area (Å²) in [4.78, 5) is 31.3. The lowest BCUT2D eigenvalue weighted by molar-refractivity contribution is -0.143. The van der Waals surface area contributed by atoms with E-state index in [4.69, 9.17) is 32.7 Å². The summed E-state index contributed by atoms with van der Waals surface area (Å²) in [5.74, 6) is 0.242. The standard InChI is InChI=1S/C33H38Cl2N4O4/c34-28-9-6-10-29(33(28)35)38-18-16-37(17-19-38)15-4-5-20-42-27-13-11-26-12-14-31(40)39(30(26)21-27)24-43-32(41)23-36-22-25-7-2-1-3-8-25/h1-3,6-11,13,21,36H,4-5,12,14-20,22-24H2. The zero-order valence-electron chi connectivity index (χ0n) is 24.3. The second kappa shape index (κ2) is 15.4. The monoisotopic (exact) mass is 624 g/mol. The van der Waals surface area contributed by atoms with E-state index in [2.05, 4.69) is 15.1 Å². The van der Waals surface area contributed by atoms with E-state index in [1.54, 1.807) is 0 Å². The number of esters is 1. The summed E-state index contributed by atoms with van der Waals surface area (Å²) < 4.78 is 11.5. The van der Waals surface area contributed by atoms with Crippen LogP contribution in [0.25, 0.3) is 0 Å². The van der Waals surface area contributed by atoms with Gasteiger partial charge >= 0.3 is 5.97 Å². The van der Waals surface area contributed by atoms with Gasteiger partial charge in [0.1, 0.15) is 5.75 Å². The molecule has 10 heteroatoms. The number of nitrogens with one attached hydrogen (secondary N) is 1. The molecular formula is C33H38Cl2N4O4. The van der Waals surface area contributed by atoms with E-state index in [-0.39, 0.29) is 19.2 Å². The smallest absolute Gasteiger partial charge is 0.321 e. The van der Waals surface area contributed by atoms with Gasteiger partial charge in [-0.05, 0) is 55.1 Å². The van der Waals surface area contributed by atoms with Crippen LogP contribution in [0.3, 0.4) is 0 Å². The number of benzene rings is 3. The summed E-state index contributed by atoms with van der Waals surface area (Å²) in [5.41, 5.74) is 3.88. The molecule has 43 heavy (non-hydrogen) atoms. The highest BCUT2D eigenvalue weighted by Gasteiger charge is 2.26. The van der Waals surface area contributed by atoms with E-state index in [1.165, 1.54) is 4.90 Å². The summed E-state index contributed by atoms with van der Waals surface area (Å²) in [5, 5.41) is 4.29. The maximum Gasteiger partial charge on any atom is 0.321 e. The normalized spacial score (nSPS) is 15.3. The van der Waals surface area contributed by atoms with Crippen LogP contribution in [-0.2, 0) is 27.3 Å². The van der Waals surface area contributed by atoms with E-state index in [0.29, 0.717) is 41.8 Å². The first-order valence-corrected chi connectivity index (χ1v) is 15.6. The molecule has 2 aliphatic heterocycles. The number of unbranched alkanes of at least 4 members (excludes halogenated alkanes) is 1. The molecular weight excluding hydrogens is 587 g/mol. The summed E-state index contributed by atoms with van der Waals surface area (Å²) in [6.45, 7) is 5.92. The fourth-order valence-corrected chi connectivity index (χ4v) is 5.83. The van der Waals surface area contributed by atoms with Crippen molar-refractivity contribution in [3.63, 3.8) is 0 Å². The third kappa shape index (κ3) is 8.63. The first-order valence-electron chi connectivity index (χ1n) is 14.9. The molecule has 1 saturated heterocycles. The Labute approximate surface area is 263 Å². The Morgan fingerprint density at radius 3 is 2.51 bits per heavy atom. The van der Waals surface area contributed by atoms with Gasteiger partial charge in [-0.1, -0.05) is 65.7 Å². The van der Waals surface area contributed by atoms with Gasteiger partial charge in [-0.2, -0.15) is 0 Å². The van der Waals surface area contributed by atoms with Crippen LogP contribution in [0.1, 0.15) is 30.4 Å². The number of piperazine rings is 1. The van der Waals surface area contributed by atoms with Crippen LogP contribution in [0.4, 0.5) is 11.4 Å². The number of amides is 1. The van der Waals surface area contributed by atoms with Crippen LogP contribution in [0.2, 0.25) is 10.0 Å². The molecule has 2 heterocycles. The van der Waals surface area contributed by atoms with Crippen LogP contribution in [0.5, 0.6) is 5.75 Å². The number of halogens is 2. The van der Waals surface area contributed by atoms with Crippen molar-refractivity contribution in [1.82, 2.24) is 10.2 Å². The van der Waals surface area contributed by atoms with E-state index < -0.39 is 5.97 Å². The maximum absolute atomic E-state index is 12.7. The highest BCUT2D eigenvalue weighted by molar-refractivity contribution is 6.43. The number of carbonyl (C=O) groups excluding carboxylic acids is 2. The number of aryl methyl sites for hydroxylation is 1. The fourth-order valence-electron chi connectivity index (χ4n) is 5.42. The molecule has 0 bridgehead atoms. The SMILES string of the molecule is O=C(CNCc1ccccc1)OCN1C(=O)CCc2ccc(OCCCCN3CCN(c4cccc(Cl)c4Cl)CC3)cc21. The van der Waals surface area contributed by atoms with Crippen molar-refractivity contribution in [3.05, 3.63) is 87.9 Å². The Morgan fingerprint density at radius 1 is 0.884 bits per heavy atom. The van der Waals surface area contributed by atoms with E-state index in [9.17, 15) is 9.59 Å². The van der Waals surface area contributed by atoms with Gasteiger partial charge in [0.05, 0.1) is 34.6 Å². The number of fused-ring (bicyclic) bond motifs is 1. The van der Waals surface area contributed by atoms with E-state index >= 15 is 0 Å². The predicted octanol–water partition coefficient (Wildman–Crippen LogP) is 5.54. The Balaban J connectivity index is 1.03. The molecule has 2 aliphatic rings. The summed E-state index contributed by atoms with van der Waals surface area (Å²) in [7, 11) is 0. The number of rotatable bonds is 13. The first kappa shape index (κ1) is 31.1. The molecule has 0 unspecified atom stereocenters. The number of ether oxygens (including phenoxy) is 2. The van der Waals surface area contributed by atoms with Crippen molar-refractivity contribution in [2.24, 2.45) is 0 Å². The fraction of sp³-hybridized carbons (Fsp3) is 0.394. The summed E-state index contributed by atoms with van der Waals surface area (Å²) >= 11 is 12.6. The molecule has 5 rings (SSSR count). The molecule has 0 aromatic heterocycles. The number of hydrogen-bond donors (Lipinski definition) is 1. The van der Waals surface area contributed by atoms with Crippen molar-refractivity contribution in [1.29, 1.82) is 0 Å². The summed E-state index contributed by atoms with van der Waals surface area (Å²) in [6, 6.07) is 21.5. The molecule has 3 aromatic carbocycles. The lowest BCUT2D eigenvalue weighted by Crippen LogP contribution is -2.46. The van der Waals surface area contributed by atoms with Gasteiger partial charge in [0.15, 0.2) is 6.73 Å². The number of carbonyl (C=O) groups is 2. The highest BCUT2D eigenvalue weighted by atomic mass is 35.5. The molecule has 0 atom stereocenters. The molecule has 3 aromatic rings. The van der Waals surface area contributed by atoms with Gasteiger partial charge in [-0.15, -0.1) is 0 Å². The lowest BCUT2D eigenvalue weighted by atomic mass is 10.0. The largest absolute Gasteiger partial charge is 0.494 e. The minimum atomic E-state index is -0.405. The zero-order chi connectivity index (χ0) is 30.0. The Bertz CT molecular complexity index is 1380. The number of anilines is 2. The molecule has 0 aliphatic carbocycles. The summed E-state index contributed by atoms with van der Waals surface area (Å²) in [6.07, 6.45) is 3.00. The Hall–Kier alpha value is -3.30. The third-order valence-corrected chi connectivity index (χ3v) is 8.64. The lowest BCUT2D eigenvalue weighted by Gasteiger charge is -2.36. The highest BCUT2D eigenvalue weighted by Crippen LogP contribution is 2.33. The zero-order valence-corrected chi connectivity index (χ0v) is 25.8. The molecule has 0 spiro atoms. The van der Waals surface area contributed by atoms with Gasteiger partial charge in [0.25, 0.3) is 0 Å². The molecule has 1 amide bonds. The quantitative estimate of drug-likeness (QED) is 0.198. The molecule has 1 N–H and O–H groups in total. The topological polar surface area (TPSA) is 74.3 Å². The van der Waals surface area contributed by atoms with Gasteiger partial charge < -0.3 is 19.7 Å². The third-order valence-electron chi connectivity index (χ3n) is 7.83. The van der Waals surface area contributed by atoms with Gasteiger partial charge in [0, 0.05) is 45.2 Å². The van der Waals surface area contributed by atoms with E-state index in [1.807, 2.05) is 66.7 Å². The minimum absolute atomic E-state index is 0.0626. The van der Waals surface area contributed by atoms with Crippen LogP contribution in [-0.4, -0.2) is 69.4 Å². The molecule has 1 fully saturated rings. The van der Waals surface area contributed by atoms with Crippen molar-refractivity contribution < 1.29 is 19.1 Å². The van der Waals surface area contributed by atoms with Crippen LogP contribution in [0, 0.1) is 0 Å². The maximum atomic E-state index is 12.7. The van der Waals surface area contributed by atoms with Crippen molar-refractivity contribution in [2.45, 2.75) is 32.2 Å². The van der Waals surface area contributed by atoms with Crippen LogP contribution in [0.15, 0.2) is 66.7 Å². The van der Waals surface area contributed by atoms with Gasteiger partial charge in [-0.25, -0.2) is 0 Å². The van der Waals surface area contributed by atoms with Crippen molar-refractivity contribution in [2.75, 3.05) is 62.4 Å². The van der Waals surface area contributed by atoms with Gasteiger partial charge in [-0.3, -0.25) is 19.4 Å². The predicted molar refractivity (Wildman–Crippen MR) is 171 cm³/mol. The van der Waals surface area contributed by atoms with Crippen LogP contribution >= 0.6 is 23.2 Å². The second-order valence-corrected chi connectivity index (χ2v) is 11.6. The second-order valence-electron chi connectivity index (χ2n) is 10.8. The number of hydrogen-bond acceptors (Lipinski definition) is 7. The Morgan fingerprint density at radius 2 is 1.70 bits per heavy atom. The Kier molecular flexibility index (Phi) is 11.2. The number of nitrogens with zero attached hydrogens (tertiary/aromatic N) is 3. The average Bonchev–Trinajstić information content (AvgIpc) is 3.02. The van der Waals surface area contributed by atoms with Gasteiger partial charge in [0.2, 0.25) is 5.91 Å². The minimum Gasteiger partial charge on any atom is -0.494 e. The molecule has 0 radical (unpaired) electrons. The molecule has 228 valence electrons. The molecule has 8 nitrogen and oxygen atoms in total. The average molecular weight is 626 g/mol. The van der Waals surface area contributed by atoms with Crippen LogP contribution < -0.4 is 19.9 Å². The van der Waals surface area contributed by atoms with E-state index in [0.717, 1.165) is 68.1 Å².